The number of nitrogens with one attached hydrogen (secondary N) is 2. The predicted octanol–water partition coefficient (Wildman–Crippen LogP) is -0.111. The zero-order valence-electron chi connectivity index (χ0n) is 11.8. The monoisotopic (exact) mass is 305 g/mol. The fraction of sp³-hybridized carbons (Fsp3) is 0.917. The summed E-state index contributed by atoms with van der Waals surface area (Å²) in [6.45, 7) is 2.91. The smallest absolute Gasteiger partial charge is 0.407 e. The van der Waals surface area contributed by atoms with Gasteiger partial charge in [0, 0.05) is 32.2 Å². The van der Waals surface area contributed by atoms with E-state index in [0.29, 0.717) is 6.54 Å². The Labute approximate surface area is 120 Å². The van der Waals surface area contributed by atoms with Crippen molar-refractivity contribution in [2.45, 2.75) is 37.0 Å². The number of alkyl carbamates (subject to hydrolysis) is 1. The van der Waals surface area contributed by atoms with Gasteiger partial charge in [0.25, 0.3) is 0 Å². The molecule has 0 aromatic heterocycles. The molecule has 0 aromatic rings. The molecule has 1 heterocycles. The Morgan fingerprint density at radius 1 is 1.25 bits per heavy atom. The molecular formula is C12H23N3O4S. The van der Waals surface area contributed by atoms with Crippen molar-refractivity contribution in [2.75, 3.05) is 33.3 Å². The second kappa shape index (κ2) is 6.73. The van der Waals surface area contributed by atoms with Crippen molar-refractivity contribution in [2.24, 2.45) is 0 Å². The Bertz CT molecular complexity index is 428. The minimum absolute atomic E-state index is 0.154. The molecule has 0 aromatic carbocycles. The van der Waals surface area contributed by atoms with E-state index in [4.69, 9.17) is 0 Å². The van der Waals surface area contributed by atoms with E-state index in [1.54, 1.807) is 0 Å². The molecule has 2 fully saturated rings. The van der Waals surface area contributed by atoms with Gasteiger partial charge in [-0.2, -0.15) is 0 Å². The summed E-state index contributed by atoms with van der Waals surface area (Å²) in [6.07, 6.45) is 2.93. The molecule has 1 aliphatic carbocycles. The maximum atomic E-state index is 11.6. The Morgan fingerprint density at radius 3 is 2.45 bits per heavy atom. The van der Waals surface area contributed by atoms with Crippen molar-refractivity contribution in [3.63, 3.8) is 0 Å². The SMILES string of the molecule is COC(=O)NC1CCN(CCNS(=O)(=O)C2CC2)CC1. The van der Waals surface area contributed by atoms with Crippen LogP contribution < -0.4 is 10.0 Å². The molecule has 2 N–H and O–H groups in total. The first kappa shape index (κ1) is 15.5. The number of hydrogen-bond acceptors (Lipinski definition) is 5. The van der Waals surface area contributed by atoms with Crippen LogP contribution in [0.4, 0.5) is 4.79 Å². The standard InChI is InChI=1S/C12H23N3O4S/c1-19-12(16)14-10-4-7-15(8-5-10)9-6-13-20(17,18)11-2-3-11/h10-11,13H,2-9H2,1H3,(H,14,16). The minimum atomic E-state index is -3.07. The molecule has 1 saturated carbocycles. The molecular weight excluding hydrogens is 282 g/mol. The quantitative estimate of drug-likeness (QED) is 0.715. The third-order valence-corrected chi connectivity index (χ3v) is 5.74. The van der Waals surface area contributed by atoms with Crippen LogP contribution in [-0.4, -0.2) is 64.0 Å². The molecule has 116 valence electrons. The number of nitrogens with zero attached hydrogens (tertiary/aromatic N) is 1. The van der Waals surface area contributed by atoms with Gasteiger partial charge in [0.15, 0.2) is 0 Å². The van der Waals surface area contributed by atoms with Gasteiger partial charge < -0.3 is 15.0 Å². The topological polar surface area (TPSA) is 87.7 Å². The van der Waals surface area contributed by atoms with E-state index >= 15 is 0 Å². The lowest BCUT2D eigenvalue weighted by Crippen LogP contribution is -2.46. The summed E-state index contributed by atoms with van der Waals surface area (Å²) < 4.78 is 30.5. The van der Waals surface area contributed by atoms with Crippen molar-refractivity contribution in [1.82, 2.24) is 14.9 Å². The van der Waals surface area contributed by atoms with Gasteiger partial charge in [0.2, 0.25) is 10.0 Å². The lowest BCUT2D eigenvalue weighted by Gasteiger charge is -2.31. The zero-order valence-corrected chi connectivity index (χ0v) is 12.6. The number of carbonyl (C=O) groups excluding carboxylic acids is 1. The fourth-order valence-corrected chi connectivity index (χ4v) is 3.74. The van der Waals surface area contributed by atoms with Gasteiger partial charge >= 0.3 is 6.09 Å². The first-order valence-corrected chi connectivity index (χ1v) is 8.61. The molecule has 20 heavy (non-hydrogen) atoms. The van der Waals surface area contributed by atoms with Gasteiger partial charge in [-0.3, -0.25) is 0 Å². The summed E-state index contributed by atoms with van der Waals surface area (Å²) in [4.78, 5) is 13.3. The van der Waals surface area contributed by atoms with Crippen molar-refractivity contribution in [3.05, 3.63) is 0 Å². The van der Waals surface area contributed by atoms with Gasteiger partial charge in [-0.05, 0) is 25.7 Å². The fourth-order valence-electron chi connectivity index (χ4n) is 2.37. The number of likely N-dealkylation sites (tertiary alicyclic amines) is 1. The lowest BCUT2D eigenvalue weighted by atomic mass is 10.1. The van der Waals surface area contributed by atoms with Crippen LogP contribution in [0.15, 0.2) is 0 Å². The molecule has 7 nitrogen and oxygen atoms in total. The molecule has 2 rings (SSSR count). The number of ether oxygens (including phenoxy) is 1. The Morgan fingerprint density at radius 2 is 1.90 bits per heavy atom. The number of rotatable bonds is 6. The van der Waals surface area contributed by atoms with E-state index in [-0.39, 0.29) is 17.4 Å². The molecule has 1 amide bonds. The number of carbonyl (C=O) groups is 1. The van der Waals surface area contributed by atoms with Crippen LogP contribution in [0, 0.1) is 0 Å². The van der Waals surface area contributed by atoms with E-state index in [0.717, 1.165) is 45.3 Å². The number of piperidine rings is 1. The Kier molecular flexibility index (Phi) is 5.22. The maximum Gasteiger partial charge on any atom is 0.407 e. The summed E-state index contributed by atoms with van der Waals surface area (Å²) in [5.41, 5.74) is 0. The third-order valence-electron chi connectivity index (χ3n) is 3.79. The molecule has 0 bridgehead atoms. The van der Waals surface area contributed by atoms with E-state index in [1.165, 1.54) is 7.11 Å². The van der Waals surface area contributed by atoms with Gasteiger partial charge in [-0.1, -0.05) is 0 Å². The molecule has 0 radical (unpaired) electrons. The summed E-state index contributed by atoms with van der Waals surface area (Å²) in [5, 5.41) is 2.64. The van der Waals surface area contributed by atoms with Crippen LogP contribution in [-0.2, 0) is 14.8 Å². The van der Waals surface area contributed by atoms with Gasteiger partial charge in [-0.25, -0.2) is 17.9 Å². The van der Waals surface area contributed by atoms with E-state index < -0.39 is 10.0 Å². The van der Waals surface area contributed by atoms with Crippen molar-refractivity contribution in [3.8, 4) is 0 Å². The van der Waals surface area contributed by atoms with Crippen molar-refractivity contribution < 1.29 is 17.9 Å². The number of amides is 1. The second-order valence-corrected chi connectivity index (χ2v) is 7.44. The highest BCUT2D eigenvalue weighted by atomic mass is 32.2. The Balaban J connectivity index is 1.61. The first-order chi connectivity index (χ1) is 9.51. The molecule has 8 heteroatoms. The summed E-state index contributed by atoms with van der Waals surface area (Å²) in [6, 6.07) is 0.154. The summed E-state index contributed by atoms with van der Waals surface area (Å²) >= 11 is 0. The molecule has 2 aliphatic rings. The summed E-state index contributed by atoms with van der Waals surface area (Å²) in [5.74, 6) is 0. The Hall–Kier alpha value is -0.860. The molecule has 0 unspecified atom stereocenters. The average molecular weight is 305 g/mol. The minimum Gasteiger partial charge on any atom is -0.453 e. The number of methoxy groups -OCH3 is 1. The van der Waals surface area contributed by atoms with Gasteiger partial charge in [0.1, 0.15) is 0 Å². The van der Waals surface area contributed by atoms with Gasteiger partial charge in [-0.15, -0.1) is 0 Å². The van der Waals surface area contributed by atoms with Crippen LogP contribution in [0.2, 0.25) is 0 Å². The molecule has 0 atom stereocenters. The highest BCUT2D eigenvalue weighted by Gasteiger charge is 2.35. The van der Waals surface area contributed by atoms with Gasteiger partial charge in [0.05, 0.1) is 12.4 Å². The largest absolute Gasteiger partial charge is 0.453 e. The normalized spacial score (nSPS) is 21.6. The lowest BCUT2D eigenvalue weighted by molar-refractivity contribution is 0.152. The zero-order chi connectivity index (χ0) is 14.6. The van der Waals surface area contributed by atoms with Crippen LogP contribution in [0.5, 0.6) is 0 Å². The van der Waals surface area contributed by atoms with E-state index in [2.05, 4.69) is 19.7 Å². The highest BCUT2D eigenvalue weighted by Crippen LogP contribution is 2.27. The number of sulfonamides is 1. The molecule has 0 spiro atoms. The second-order valence-electron chi connectivity index (χ2n) is 5.39. The van der Waals surface area contributed by atoms with E-state index in [1.807, 2.05) is 0 Å². The van der Waals surface area contributed by atoms with Crippen molar-refractivity contribution >= 4 is 16.1 Å². The molecule has 1 aliphatic heterocycles. The third kappa shape index (κ3) is 4.60. The predicted molar refractivity (Wildman–Crippen MR) is 74.9 cm³/mol. The summed E-state index contributed by atoms with van der Waals surface area (Å²) in [7, 11) is -1.71. The van der Waals surface area contributed by atoms with E-state index in [9.17, 15) is 13.2 Å². The maximum absolute atomic E-state index is 11.6. The van der Waals surface area contributed by atoms with Crippen LogP contribution in [0.25, 0.3) is 0 Å². The van der Waals surface area contributed by atoms with Crippen LogP contribution in [0.1, 0.15) is 25.7 Å². The van der Waals surface area contributed by atoms with Crippen LogP contribution in [0.3, 0.4) is 0 Å². The average Bonchev–Trinajstić information content (AvgIpc) is 3.25. The first-order valence-electron chi connectivity index (χ1n) is 7.06. The van der Waals surface area contributed by atoms with Crippen molar-refractivity contribution in [1.29, 1.82) is 0 Å². The molecule has 1 saturated heterocycles. The number of hydrogen-bond donors (Lipinski definition) is 2. The van der Waals surface area contributed by atoms with Crippen LogP contribution >= 0.6 is 0 Å². The highest BCUT2D eigenvalue weighted by molar-refractivity contribution is 7.90.